The minimum absolute atomic E-state index is 0.0221. The third-order valence-corrected chi connectivity index (χ3v) is 5.81. The first-order chi connectivity index (χ1) is 16.8. The van der Waals surface area contributed by atoms with Gasteiger partial charge in [0.2, 0.25) is 11.9 Å². The lowest BCUT2D eigenvalue weighted by Gasteiger charge is -2.19. The van der Waals surface area contributed by atoms with Gasteiger partial charge in [0.15, 0.2) is 11.5 Å². The molecule has 0 amide bonds. The third-order valence-electron chi connectivity index (χ3n) is 5.81. The summed E-state index contributed by atoms with van der Waals surface area (Å²) in [4.78, 5) is 18.4. The zero-order chi connectivity index (χ0) is 24.6. The van der Waals surface area contributed by atoms with E-state index in [1.807, 2.05) is 0 Å². The predicted molar refractivity (Wildman–Crippen MR) is 126 cm³/mol. The minimum Gasteiger partial charge on any atom is -0.368 e. The highest BCUT2D eigenvalue weighted by Crippen LogP contribution is 2.30. The Morgan fingerprint density at radius 3 is 2.69 bits per heavy atom. The summed E-state index contributed by atoms with van der Waals surface area (Å²) in [6.07, 6.45) is 3.19. The Hall–Kier alpha value is -4.22. The number of aromatic nitrogens is 6. The molecule has 180 valence electrons. The van der Waals surface area contributed by atoms with Crippen molar-refractivity contribution in [3.05, 3.63) is 54.6 Å². The van der Waals surface area contributed by atoms with Crippen molar-refractivity contribution in [2.24, 2.45) is 7.05 Å². The first kappa shape index (κ1) is 22.6. The summed E-state index contributed by atoms with van der Waals surface area (Å²) in [5, 5.41) is 7.44. The van der Waals surface area contributed by atoms with Crippen LogP contribution in [0.4, 0.5) is 36.6 Å². The van der Waals surface area contributed by atoms with Gasteiger partial charge in [-0.05, 0) is 36.4 Å². The van der Waals surface area contributed by atoms with Gasteiger partial charge >= 0.3 is 0 Å². The first-order valence-electron chi connectivity index (χ1n) is 10.9. The Morgan fingerprint density at radius 2 is 2.00 bits per heavy atom. The molecule has 3 N–H and O–H groups in total. The van der Waals surface area contributed by atoms with E-state index < -0.39 is 18.2 Å². The van der Waals surface area contributed by atoms with Gasteiger partial charge in [0.1, 0.15) is 18.3 Å². The molecule has 0 radical (unpaired) electrons. The van der Waals surface area contributed by atoms with E-state index in [0.717, 1.165) is 0 Å². The van der Waals surface area contributed by atoms with Gasteiger partial charge in [-0.2, -0.15) is 4.98 Å². The highest BCUT2D eigenvalue weighted by molar-refractivity contribution is 5.66. The number of alkyl halides is 2. The monoisotopic (exact) mass is 481 g/mol. The van der Waals surface area contributed by atoms with E-state index in [-0.39, 0.29) is 18.9 Å². The number of rotatable bonds is 6. The number of nitrogens with two attached hydrogens (primary N) is 1. The summed E-state index contributed by atoms with van der Waals surface area (Å²) in [7, 11) is 1.71. The number of benzene rings is 1. The van der Waals surface area contributed by atoms with Crippen LogP contribution in [-0.4, -0.2) is 55.1 Å². The van der Waals surface area contributed by atoms with Gasteiger partial charge in [-0.15, -0.1) is 5.10 Å². The van der Waals surface area contributed by atoms with E-state index in [1.54, 1.807) is 48.5 Å². The zero-order valence-corrected chi connectivity index (χ0v) is 18.8. The van der Waals surface area contributed by atoms with E-state index in [1.165, 1.54) is 16.9 Å². The topological polar surface area (TPSA) is 111 Å². The number of halogens is 3. The molecule has 4 heterocycles. The summed E-state index contributed by atoms with van der Waals surface area (Å²) in [5.74, 6) is 0.952. The molecule has 1 fully saturated rings. The van der Waals surface area contributed by atoms with Gasteiger partial charge < -0.3 is 16.0 Å². The number of hydrogen-bond acceptors (Lipinski definition) is 8. The van der Waals surface area contributed by atoms with Crippen molar-refractivity contribution in [2.45, 2.75) is 12.1 Å². The van der Waals surface area contributed by atoms with Crippen molar-refractivity contribution in [3.8, 4) is 22.6 Å². The fraction of sp³-hybridized carbons (Fsp3) is 0.261. The maximum absolute atomic E-state index is 14.7. The number of anilines is 4. The molecule has 1 aliphatic heterocycles. The predicted octanol–water partition coefficient (Wildman–Crippen LogP) is 3.69. The molecule has 3 aromatic heterocycles. The average Bonchev–Trinajstić information content (AvgIpc) is 3.42. The average molecular weight is 481 g/mol. The van der Waals surface area contributed by atoms with Crippen molar-refractivity contribution >= 4 is 23.4 Å². The summed E-state index contributed by atoms with van der Waals surface area (Å²) in [6, 6.07) is 9.70. The van der Waals surface area contributed by atoms with Gasteiger partial charge in [-0.3, -0.25) is 0 Å². The van der Waals surface area contributed by atoms with Crippen LogP contribution < -0.4 is 16.0 Å². The van der Waals surface area contributed by atoms with Gasteiger partial charge in [0.25, 0.3) is 0 Å². The van der Waals surface area contributed by atoms with Crippen LogP contribution in [0.3, 0.4) is 0 Å². The van der Waals surface area contributed by atoms with Crippen LogP contribution in [0, 0.1) is 5.82 Å². The lowest BCUT2D eigenvalue weighted by atomic mass is 10.1. The minimum atomic E-state index is -1.82. The molecule has 4 aromatic rings. The Balaban J connectivity index is 1.31. The maximum Gasteiger partial charge on any atom is 0.225 e. The number of aryl methyl sites for hydroxylation is 1. The Labute approximate surface area is 198 Å². The summed E-state index contributed by atoms with van der Waals surface area (Å²) < 4.78 is 43.4. The number of nitrogens with one attached hydrogen (secondary N) is 1. The molecule has 35 heavy (non-hydrogen) atoms. The number of pyridine rings is 1. The van der Waals surface area contributed by atoms with Crippen molar-refractivity contribution in [2.75, 3.05) is 35.7 Å². The highest BCUT2D eigenvalue weighted by Gasteiger charge is 2.39. The fourth-order valence-electron chi connectivity index (χ4n) is 3.91. The number of nitrogen functional groups attached to an aromatic ring is 1. The Morgan fingerprint density at radius 1 is 1.14 bits per heavy atom. The summed E-state index contributed by atoms with van der Waals surface area (Å²) in [6.45, 7) is -0.620. The molecular formula is C23H22F3N9. The van der Waals surface area contributed by atoms with Crippen LogP contribution >= 0.6 is 0 Å². The van der Waals surface area contributed by atoms with Crippen LogP contribution in [0.1, 0.15) is 6.42 Å². The molecule has 0 spiro atoms. The largest absolute Gasteiger partial charge is 0.368 e. The molecule has 1 aromatic carbocycles. The summed E-state index contributed by atoms with van der Waals surface area (Å²) in [5.41, 5.74) is 5.58. The molecular weight excluding hydrogens is 459 g/mol. The smallest absolute Gasteiger partial charge is 0.225 e. The lowest BCUT2D eigenvalue weighted by Crippen LogP contribution is -2.31. The van der Waals surface area contributed by atoms with Gasteiger partial charge in [0.05, 0.1) is 12.2 Å². The lowest BCUT2D eigenvalue weighted by molar-refractivity contribution is 0.145. The molecule has 5 rings (SSSR count). The van der Waals surface area contributed by atoms with Gasteiger partial charge in [0, 0.05) is 49.2 Å². The van der Waals surface area contributed by atoms with E-state index in [9.17, 15) is 13.2 Å². The van der Waals surface area contributed by atoms with Crippen molar-refractivity contribution in [1.29, 1.82) is 0 Å². The molecule has 0 saturated carbocycles. The van der Waals surface area contributed by atoms with Crippen molar-refractivity contribution in [1.82, 2.24) is 29.7 Å². The van der Waals surface area contributed by atoms with Crippen LogP contribution in [0.5, 0.6) is 0 Å². The van der Waals surface area contributed by atoms with E-state index in [4.69, 9.17) is 5.73 Å². The third kappa shape index (κ3) is 4.59. The van der Waals surface area contributed by atoms with Crippen LogP contribution in [0.15, 0.2) is 48.8 Å². The SMILES string of the molecule is Cn1nc(-c2ccc(N3CCC(F)(CF)C3)nc2)nc1Nc1ccc(-c2ccnc(N)n2)c(F)c1. The standard InChI is InChI=1S/C23H22F3N9/c1-34-22(30-15-3-4-16(17(25)10-15)18-6-8-28-21(27)31-18)32-20(33-34)14-2-5-19(29-11-14)35-9-7-23(26,12-24)13-35/h2-6,8,10-11H,7,9,12-13H2,1H3,(H2,27,28,31)(H,30,32,33). The van der Waals surface area contributed by atoms with E-state index >= 15 is 0 Å². The molecule has 9 nitrogen and oxygen atoms in total. The summed E-state index contributed by atoms with van der Waals surface area (Å²) >= 11 is 0. The zero-order valence-electron chi connectivity index (χ0n) is 18.8. The normalized spacial score (nSPS) is 17.7. The molecule has 0 bridgehead atoms. The van der Waals surface area contributed by atoms with Gasteiger partial charge in [-0.1, -0.05) is 0 Å². The quantitative estimate of drug-likeness (QED) is 0.429. The van der Waals surface area contributed by atoms with Crippen LogP contribution in [0.2, 0.25) is 0 Å². The van der Waals surface area contributed by atoms with E-state index in [0.29, 0.717) is 46.6 Å². The molecule has 12 heteroatoms. The Bertz CT molecular complexity index is 1360. The number of hydrogen-bond donors (Lipinski definition) is 2. The number of nitrogens with zero attached hydrogens (tertiary/aromatic N) is 7. The van der Waals surface area contributed by atoms with Crippen LogP contribution in [-0.2, 0) is 7.05 Å². The van der Waals surface area contributed by atoms with Gasteiger partial charge in [-0.25, -0.2) is 32.8 Å². The molecule has 1 atom stereocenters. The molecule has 1 saturated heterocycles. The first-order valence-corrected chi connectivity index (χ1v) is 10.9. The fourth-order valence-corrected chi connectivity index (χ4v) is 3.91. The molecule has 1 aliphatic rings. The molecule has 0 aliphatic carbocycles. The second kappa shape index (κ2) is 8.85. The highest BCUT2D eigenvalue weighted by atomic mass is 19.2. The van der Waals surface area contributed by atoms with Crippen LogP contribution in [0.25, 0.3) is 22.6 Å². The maximum atomic E-state index is 14.7. The Kier molecular flexibility index (Phi) is 5.71. The second-order valence-corrected chi connectivity index (χ2v) is 8.36. The second-order valence-electron chi connectivity index (χ2n) is 8.36. The molecule has 1 unspecified atom stereocenters. The van der Waals surface area contributed by atoms with Crippen molar-refractivity contribution in [3.63, 3.8) is 0 Å². The van der Waals surface area contributed by atoms with Crippen molar-refractivity contribution < 1.29 is 13.2 Å². The van der Waals surface area contributed by atoms with E-state index in [2.05, 4.69) is 30.4 Å².